The average molecular weight is 262 g/mol. The van der Waals surface area contributed by atoms with E-state index in [1.165, 1.54) is 37.2 Å². The normalized spacial score (nSPS) is 16.8. The van der Waals surface area contributed by atoms with Crippen molar-refractivity contribution in [2.45, 2.75) is 38.8 Å². The lowest BCUT2D eigenvalue weighted by atomic mass is 10.1. The molecule has 1 aliphatic heterocycles. The predicted molar refractivity (Wildman–Crippen MR) is 80.7 cm³/mol. The first-order chi connectivity index (χ1) is 9.31. The van der Waals surface area contributed by atoms with Crippen molar-refractivity contribution in [1.29, 1.82) is 0 Å². The first-order valence-corrected chi connectivity index (χ1v) is 7.36. The average Bonchev–Trinajstić information content (AvgIpc) is 2.97. The molecular weight excluding hydrogens is 236 g/mol. The summed E-state index contributed by atoms with van der Waals surface area (Å²) in [7, 11) is 1.76. The van der Waals surface area contributed by atoms with Gasteiger partial charge >= 0.3 is 0 Å². The van der Waals surface area contributed by atoms with Crippen LogP contribution in [0.4, 0.5) is 5.69 Å². The molecule has 1 unspecified atom stereocenters. The van der Waals surface area contributed by atoms with E-state index in [0.717, 1.165) is 19.6 Å². The Labute approximate surface area is 116 Å². The Morgan fingerprint density at radius 1 is 1.26 bits per heavy atom. The van der Waals surface area contributed by atoms with Crippen LogP contribution >= 0.6 is 0 Å². The van der Waals surface area contributed by atoms with Crippen molar-refractivity contribution in [3.8, 4) is 0 Å². The molecule has 1 aromatic rings. The van der Waals surface area contributed by atoms with Crippen LogP contribution < -0.4 is 10.2 Å². The van der Waals surface area contributed by atoms with Gasteiger partial charge in [0.2, 0.25) is 0 Å². The monoisotopic (exact) mass is 262 g/mol. The molecule has 3 nitrogen and oxygen atoms in total. The lowest BCUT2D eigenvalue weighted by Gasteiger charge is -2.22. The molecule has 0 saturated carbocycles. The first kappa shape index (κ1) is 14.4. The van der Waals surface area contributed by atoms with Crippen molar-refractivity contribution < 1.29 is 4.74 Å². The van der Waals surface area contributed by atoms with Crippen molar-refractivity contribution in [1.82, 2.24) is 5.32 Å². The highest BCUT2D eigenvalue weighted by atomic mass is 16.5. The van der Waals surface area contributed by atoms with Gasteiger partial charge in [-0.05, 0) is 37.8 Å². The van der Waals surface area contributed by atoms with Crippen LogP contribution in [0.1, 0.15) is 31.7 Å². The zero-order chi connectivity index (χ0) is 13.5. The van der Waals surface area contributed by atoms with Gasteiger partial charge in [0.1, 0.15) is 0 Å². The molecule has 19 heavy (non-hydrogen) atoms. The molecule has 2 rings (SSSR count). The second-order valence-corrected chi connectivity index (χ2v) is 5.39. The maximum absolute atomic E-state index is 5.12. The van der Waals surface area contributed by atoms with Gasteiger partial charge in [0.05, 0.1) is 0 Å². The Morgan fingerprint density at radius 3 is 2.74 bits per heavy atom. The fourth-order valence-electron chi connectivity index (χ4n) is 2.61. The summed E-state index contributed by atoms with van der Waals surface area (Å²) in [5, 5.41) is 3.59. The van der Waals surface area contributed by atoms with Gasteiger partial charge in [-0.25, -0.2) is 0 Å². The van der Waals surface area contributed by atoms with Crippen LogP contribution in [0.5, 0.6) is 0 Å². The second-order valence-electron chi connectivity index (χ2n) is 5.39. The molecule has 0 spiro atoms. The molecule has 1 saturated heterocycles. The molecule has 1 fully saturated rings. The quantitative estimate of drug-likeness (QED) is 0.818. The van der Waals surface area contributed by atoms with E-state index in [2.05, 4.69) is 41.4 Å². The van der Waals surface area contributed by atoms with Crippen LogP contribution in [0.15, 0.2) is 24.3 Å². The summed E-state index contributed by atoms with van der Waals surface area (Å²) in [5.74, 6) is 0. The van der Waals surface area contributed by atoms with Crippen molar-refractivity contribution >= 4 is 5.69 Å². The number of ether oxygens (including phenoxy) is 1. The first-order valence-electron chi connectivity index (χ1n) is 7.36. The largest absolute Gasteiger partial charge is 0.385 e. The van der Waals surface area contributed by atoms with Crippen molar-refractivity contribution in [3.05, 3.63) is 29.8 Å². The molecule has 1 N–H and O–H groups in total. The summed E-state index contributed by atoms with van der Waals surface area (Å²) in [4.78, 5) is 2.51. The molecular formula is C16H26N2O. The van der Waals surface area contributed by atoms with Gasteiger partial charge in [-0.2, -0.15) is 0 Å². The van der Waals surface area contributed by atoms with Gasteiger partial charge in [0, 0.05) is 45.1 Å². The number of rotatable bonds is 7. The highest BCUT2D eigenvalue weighted by Gasteiger charge is 2.15. The van der Waals surface area contributed by atoms with Gasteiger partial charge in [-0.15, -0.1) is 0 Å². The Bertz CT molecular complexity index is 375. The number of methoxy groups -OCH3 is 1. The van der Waals surface area contributed by atoms with Gasteiger partial charge in [-0.3, -0.25) is 0 Å². The SMILES string of the molecule is COCCC(C)NCc1ccccc1N1CCCC1. The molecule has 0 aromatic heterocycles. The van der Waals surface area contributed by atoms with E-state index in [1.807, 2.05) is 0 Å². The minimum atomic E-state index is 0.492. The third kappa shape index (κ3) is 4.22. The highest BCUT2D eigenvalue weighted by Crippen LogP contribution is 2.24. The van der Waals surface area contributed by atoms with Crippen LogP contribution in [0.25, 0.3) is 0 Å². The standard InChI is InChI=1S/C16H26N2O/c1-14(9-12-19-2)17-13-15-7-3-4-8-16(15)18-10-5-6-11-18/h3-4,7-8,14,17H,5-6,9-13H2,1-2H3. The molecule has 1 aliphatic rings. The molecule has 106 valence electrons. The lowest BCUT2D eigenvalue weighted by Crippen LogP contribution is -2.28. The van der Waals surface area contributed by atoms with E-state index in [9.17, 15) is 0 Å². The van der Waals surface area contributed by atoms with Crippen LogP contribution in [0.3, 0.4) is 0 Å². The van der Waals surface area contributed by atoms with Crippen LogP contribution in [-0.2, 0) is 11.3 Å². The number of para-hydroxylation sites is 1. The summed E-state index contributed by atoms with van der Waals surface area (Å²) >= 11 is 0. The summed E-state index contributed by atoms with van der Waals surface area (Å²) in [6.45, 7) is 6.39. The van der Waals surface area contributed by atoms with Crippen LogP contribution in [-0.4, -0.2) is 32.8 Å². The number of nitrogens with one attached hydrogen (secondary N) is 1. The van der Waals surface area contributed by atoms with E-state index in [1.54, 1.807) is 7.11 Å². The summed E-state index contributed by atoms with van der Waals surface area (Å²) in [6.07, 6.45) is 3.71. The fraction of sp³-hybridized carbons (Fsp3) is 0.625. The van der Waals surface area contributed by atoms with Crippen molar-refractivity contribution in [3.63, 3.8) is 0 Å². The van der Waals surface area contributed by atoms with Crippen molar-refractivity contribution in [2.24, 2.45) is 0 Å². The second kappa shape index (κ2) is 7.51. The Kier molecular flexibility index (Phi) is 5.67. The zero-order valence-corrected chi connectivity index (χ0v) is 12.2. The molecule has 1 heterocycles. The smallest absolute Gasteiger partial charge is 0.0476 e. The van der Waals surface area contributed by atoms with Crippen molar-refractivity contribution in [2.75, 3.05) is 31.7 Å². The number of anilines is 1. The predicted octanol–water partition coefficient (Wildman–Crippen LogP) is 2.80. The Balaban J connectivity index is 1.92. The maximum Gasteiger partial charge on any atom is 0.0476 e. The summed E-state index contributed by atoms with van der Waals surface area (Å²) in [5.41, 5.74) is 2.82. The maximum atomic E-state index is 5.12. The van der Waals surface area contributed by atoms with E-state index in [-0.39, 0.29) is 0 Å². The third-order valence-corrected chi connectivity index (χ3v) is 3.83. The third-order valence-electron chi connectivity index (χ3n) is 3.83. The number of hydrogen-bond donors (Lipinski definition) is 1. The molecule has 3 heteroatoms. The van der Waals surface area contributed by atoms with Gasteiger partial charge < -0.3 is 15.0 Å². The Morgan fingerprint density at radius 2 is 2.00 bits per heavy atom. The molecule has 0 bridgehead atoms. The number of hydrogen-bond acceptors (Lipinski definition) is 3. The van der Waals surface area contributed by atoms with E-state index >= 15 is 0 Å². The van der Waals surface area contributed by atoms with E-state index in [4.69, 9.17) is 4.74 Å². The summed E-state index contributed by atoms with van der Waals surface area (Å²) < 4.78 is 5.12. The molecule has 0 amide bonds. The van der Waals surface area contributed by atoms with E-state index < -0.39 is 0 Å². The zero-order valence-electron chi connectivity index (χ0n) is 12.2. The lowest BCUT2D eigenvalue weighted by molar-refractivity contribution is 0.184. The van der Waals surface area contributed by atoms with Gasteiger partial charge in [-0.1, -0.05) is 18.2 Å². The van der Waals surface area contributed by atoms with Crippen LogP contribution in [0.2, 0.25) is 0 Å². The molecule has 1 atom stereocenters. The highest BCUT2D eigenvalue weighted by molar-refractivity contribution is 5.54. The summed E-state index contributed by atoms with van der Waals surface area (Å²) in [6, 6.07) is 9.26. The van der Waals surface area contributed by atoms with Gasteiger partial charge in [0.15, 0.2) is 0 Å². The number of nitrogens with zero attached hydrogens (tertiary/aromatic N) is 1. The van der Waals surface area contributed by atoms with E-state index in [0.29, 0.717) is 6.04 Å². The van der Waals surface area contributed by atoms with Crippen LogP contribution in [0, 0.1) is 0 Å². The molecule has 1 aromatic carbocycles. The van der Waals surface area contributed by atoms with Gasteiger partial charge in [0.25, 0.3) is 0 Å². The minimum Gasteiger partial charge on any atom is -0.385 e. The molecule has 0 radical (unpaired) electrons. The fourth-order valence-corrected chi connectivity index (χ4v) is 2.61. The topological polar surface area (TPSA) is 24.5 Å². The number of benzene rings is 1. The molecule has 0 aliphatic carbocycles. The minimum absolute atomic E-state index is 0.492. The Hall–Kier alpha value is -1.06.